The van der Waals surface area contributed by atoms with E-state index in [9.17, 15) is 38.4 Å². The first-order chi connectivity index (χ1) is 63.7. The zero-order chi connectivity index (χ0) is 96.9. The van der Waals surface area contributed by atoms with E-state index in [1.54, 1.807) is 70.2 Å². The van der Waals surface area contributed by atoms with Crippen LogP contribution in [0.2, 0.25) is 0 Å². The topological polar surface area (TPSA) is 210 Å². The average Bonchev–Trinajstić information content (AvgIpc) is 0.763. The molecule has 2 atom stereocenters. The number of benzene rings is 12. The van der Waals surface area contributed by atoms with Crippen molar-refractivity contribution in [2.45, 2.75) is 188 Å². The summed E-state index contributed by atoms with van der Waals surface area (Å²) in [5.74, 6) is 7.41. The third-order valence-corrected chi connectivity index (χ3v) is 21.3. The van der Waals surface area contributed by atoms with Crippen molar-refractivity contribution in [2.75, 3.05) is 6.61 Å². The zero-order valence-corrected chi connectivity index (χ0v) is 80.2. The first-order valence-electron chi connectivity index (χ1n) is 45.9. The van der Waals surface area contributed by atoms with Crippen molar-refractivity contribution in [3.05, 3.63) is 313 Å². The molecule has 0 heterocycles. The summed E-state index contributed by atoms with van der Waals surface area (Å²) in [7, 11) is 0. The molecule has 0 amide bonds. The second-order valence-corrected chi connectivity index (χ2v) is 34.7. The molecule has 2 saturated carbocycles. The van der Waals surface area contributed by atoms with Crippen LogP contribution in [0, 0.1) is 85.9 Å². The lowest BCUT2D eigenvalue weighted by molar-refractivity contribution is -0.155. The second-order valence-electron chi connectivity index (χ2n) is 34.7. The minimum Gasteiger partial charge on any atom is -0.465 e. The van der Waals surface area contributed by atoms with Crippen molar-refractivity contribution in [3.8, 4) is 92.6 Å². The van der Waals surface area contributed by atoms with Crippen LogP contribution in [0.1, 0.15) is 195 Å². The number of hydrogen-bond acceptors (Lipinski definition) is 16. The van der Waals surface area contributed by atoms with E-state index < -0.39 is 0 Å². The van der Waals surface area contributed by atoms with Gasteiger partial charge in [0.05, 0.1) is 48.0 Å². The molecule has 12 aromatic rings. The summed E-state index contributed by atoms with van der Waals surface area (Å²) >= 11 is 0. The van der Waals surface area contributed by atoms with Crippen LogP contribution in [-0.4, -0.2) is 60.5 Å². The Morgan fingerprint density at radius 3 is 1.31 bits per heavy atom. The van der Waals surface area contributed by atoms with Gasteiger partial charge in [-0.15, -0.1) is 12.8 Å². The molecule has 0 bridgehead atoms. The summed E-state index contributed by atoms with van der Waals surface area (Å²) in [5, 5.41) is 3.85. The molecular weight excluding hydrogens is 1660 g/mol. The summed E-state index contributed by atoms with van der Waals surface area (Å²) in [4.78, 5) is 91.7. The van der Waals surface area contributed by atoms with Gasteiger partial charge in [-0.25, -0.2) is 0 Å². The predicted octanol–water partition coefficient (Wildman–Crippen LogP) is 27.4. The van der Waals surface area contributed by atoms with Gasteiger partial charge >= 0.3 is 47.8 Å². The number of esters is 8. The molecule has 0 N–H and O–H groups in total. The van der Waals surface area contributed by atoms with Gasteiger partial charge in [0.15, 0.2) is 0 Å². The second kappa shape index (κ2) is 55.9. The van der Waals surface area contributed by atoms with Crippen LogP contribution in [0.5, 0.6) is 34.5 Å². The molecule has 2 fully saturated rings. The Bertz CT molecular complexity index is 5800. The molecule has 12 aromatic carbocycles. The number of para-hydroxylation sites is 2. The standard InChI is InChI=1S/C17H18O2.C16H22O2.2C16H16O2.C16H14O2.C13H12O2.C12H12O2.C11H20O2/c1-12(2)17(18)19-16-11-7-6-10-15(16)14-9-5-4-8-13(14)3;2*1-12(2)16(17)18-15-11-7-6-10-14(15)13-8-4-3-5-9-13;1-12(2)16(17)18-15-10-6-9-14(11-15)13-7-4-3-5-8-13;1-4-12-7-5-9-14-13(12)8-6-10-15(14)18-16(17)11(2)3;1-9-6-7-12-11(8-9)4-3-5-13(12)15-10(2)14;1-4-10-6-5-7-11(8-10)14-12(13)9(2)3;1-9(2)11(12)13-8-10-6-4-3-5-7-10/h4-12H,1-3H3;3-5,8-9,12,14-15H,6-7,10-11H2,1-2H3;2*3-12H,1-2H3;1,5-11H,2-3H3;3-8H,1-2H3;1,5-9H,2-3H3;9-10H,3-8H2,1-2H3/t;14-,15?;;;;;;/m.1....../s1. The first-order valence-corrected chi connectivity index (χ1v) is 45.9. The zero-order valence-electron chi connectivity index (χ0n) is 80.2. The Kier molecular flexibility index (Phi) is 44.6. The van der Waals surface area contributed by atoms with Crippen LogP contribution in [-0.2, 0) is 47.8 Å². The van der Waals surface area contributed by atoms with Gasteiger partial charge in [0.2, 0.25) is 0 Å². The Hall–Kier alpha value is -14.0. The fourth-order valence-electron chi connectivity index (χ4n) is 13.7. The predicted molar refractivity (Wildman–Crippen MR) is 534 cm³/mol. The highest BCUT2D eigenvalue weighted by atomic mass is 16.6. The van der Waals surface area contributed by atoms with Gasteiger partial charge in [0.1, 0.15) is 40.6 Å². The smallest absolute Gasteiger partial charge is 0.313 e. The van der Waals surface area contributed by atoms with Gasteiger partial charge in [-0.2, -0.15) is 0 Å². The summed E-state index contributed by atoms with van der Waals surface area (Å²) < 4.78 is 42.7. The van der Waals surface area contributed by atoms with Crippen molar-refractivity contribution in [1.82, 2.24) is 0 Å². The Morgan fingerprint density at radius 1 is 0.331 bits per heavy atom. The van der Waals surface area contributed by atoms with Crippen molar-refractivity contribution in [3.63, 3.8) is 0 Å². The van der Waals surface area contributed by atoms with Crippen LogP contribution < -0.4 is 28.4 Å². The Balaban J connectivity index is 0.000000208. The lowest BCUT2D eigenvalue weighted by atomic mass is 9.81. The molecule has 14 rings (SSSR count). The van der Waals surface area contributed by atoms with E-state index in [2.05, 4.69) is 55.2 Å². The van der Waals surface area contributed by atoms with E-state index in [-0.39, 0.29) is 95.3 Å². The van der Waals surface area contributed by atoms with Gasteiger partial charge in [-0.05, 0) is 151 Å². The molecule has 0 radical (unpaired) electrons. The summed E-state index contributed by atoms with van der Waals surface area (Å²) in [6, 6.07) is 91.1. The van der Waals surface area contributed by atoms with Crippen molar-refractivity contribution in [2.24, 2.45) is 47.3 Å². The van der Waals surface area contributed by atoms with Crippen molar-refractivity contribution in [1.29, 1.82) is 0 Å². The van der Waals surface area contributed by atoms with Crippen LogP contribution in [0.25, 0.3) is 54.9 Å². The number of hydrogen-bond donors (Lipinski definition) is 0. The summed E-state index contributed by atoms with van der Waals surface area (Å²) in [5.41, 5.74) is 11.4. The third kappa shape index (κ3) is 36.0. The van der Waals surface area contributed by atoms with Crippen LogP contribution in [0.3, 0.4) is 0 Å². The Labute approximate surface area is 787 Å². The van der Waals surface area contributed by atoms with Crippen molar-refractivity contribution >= 4 is 69.3 Å². The lowest BCUT2D eigenvalue weighted by Crippen LogP contribution is -2.30. The summed E-state index contributed by atoms with van der Waals surface area (Å²) in [6.45, 7) is 31.8. The minimum absolute atomic E-state index is 0.0172. The molecule has 1 unspecified atom stereocenters. The highest BCUT2D eigenvalue weighted by molar-refractivity contribution is 5.95. The largest absolute Gasteiger partial charge is 0.465 e. The van der Waals surface area contributed by atoms with Gasteiger partial charge in [0, 0.05) is 51.3 Å². The van der Waals surface area contributed by atoms with E-state index >= 15 is 0 Å². The van der Waals surface area contributed by atoms with Gasteiger partial charge < -0.3 is 37.9 Å². The van der Waals surface area contributed by atoms with E-state index in [0.29, 0.717) is 58.5 Å². The van der Waals surface area contributed by atoms with Crippen LogP contribution >= 0.6 is 0 Å². The van der Waals surface area contributed by atoms with E-state index in [1.165, 1.54) is 63.0 Å². The van der Waals surface area contributed by atoms with Gasteiger partial charge in [0.25, 0.3) is 0 Å². The molecule has 0 aromatic heterocycles. The number of carbonyl (C=O) groups excluding carboxylic acids is 8. The number of ether oxygens (including phenoxy) is 8. The Morgan fingerprint density at radius 2 is 0.759 bits per heavy atom. The van der Waals surface area contributed by atoms with E-state index in [4.69, 9.17) is 50.7 Å². The average molecular weight is 1790 g/mol. The van der Waals surface area contributed by atoms with Crippen LogP contribution in [0.4, 0.5) is 0 Å². The van der Waals surface area contributed by atoms with Gasteiger partial charge in [-0.1, -0.05) is 364 Å². The number of aryl methyl sites for hydroxylation is 2. The highest BCUT2D eigenvalue weighted by Gasteiger charge is 2.31. The fraction of sp³-hybridized carbons (Fsp3) is 0.316. The molecule has 0 spiro atoms. The van der Waals surface area contributed by atoms with Crippen LogP contribution in [0.15, 0.2) is 285 Å². The van der Waals surface area contributed by atoms with E-state index in [1.807, 2.05) is 282 Å². The highest BCUT2D eigenvalue weighted by Crippen LogP contribution is 2.38. The quantitative estimate of drug-likeness (QED) is 0.0394. The maximum Gasteiger partial charge on any atom is 0.313 e. The maximum atomic E-state index is 11.8. The monoisotopic (exact) mass is 1790 g/mol. The number of carbonyl (C=O) groups is 8. The molecule has 2 aliphatic carbocycles. The fourth-order valence-corrected chi connectivity index (χ4v) is 13.7. The minimum atomic E-state index is -0.289. The molecule has 0 aliphatic heterocycles. The lowest BCUT2D eigenvalue weighted by Gasteiger charge is -2.32. The molecule has 16 heteroatoms. The number of fused-ring (bicyclic) bond motifs is 2. The molecule has 0 saturated heterocycles. The van der Waals surface area contributed by atoms with Gasteiger partial charge in [-0.3, -0.25) is 38.4 Å². The number of rotatable bonds is 20. The van der Waals surface area contributed by atoms with E-state index in [0.717, 1.165) is 78.9 Å². The first kappa shape index (κ1) is 106. The SMILES string of the molecule is C#Cc1cccc(OC(=O)C(C)C)c1.C#Cc1cccc2c(OC(=O)C(C)C)cccc12.CC(=O)Oc1cccc2cc(C)ccc12.CC(C)C(=O)OC1CCCC[C@@H]1c1ccccc1.CC(C)C(=O)OCC1CCCCC1.CC(C)C(=O)Oc1cccc(-c2ccccc2)c1.CC(C)C(=O)Oc1ccccc1-c1ccccc1.Cc1ccccc1-c1ccccc1OC(=O)C(C)C. The number of terminal acetylenes is 2. The molecule has 16 nitrogen and oxygen atoms in total. The summed E-state index contributed by atoms with van der Waals surface area (Å²) in [6.07, 6.45) is 21.7. The third-order valence-electron chi connectivity index (χ3n) is 21.3. The molecular formula is C117H130O16. The maximum absolute atomic E-state index is 11.8. The molecule has 2 aliphatic rings. The molecule has 694 valence electrons. The normalized spacial score (nSPS) is 13.0. The van der Waals surface area contributed by atoms with Crippen molar-refractivity contribution < 1.29 is 76.3 Å². The molecule has 133 heavy (non-hydrogen) atoms.